The fourth-order valence-corrected chi connectivity index (χ4v) is 4.14. The van der Waals surface area contributed by atoms with Gasteiger partial charge in [0.05, 0.1) is 33.4 Å². The summed E-state index contributed by atoms with van der Waals surface area (Å²) in [7, 11) is 1.09. The minimum absolute atomic E-state index is 0.426. The number of carbonyl (C=O) groups is 1. The van der Waals surface area contributed by atoms with E-state index < -0.39 is 16.9 Å². The van der Waals surface area contributed by atoms with Crippen molar-refractivity contribution in [2.45, 2.75) is 6.92 Å². The van der Waals surface area contributed by atoms with Crippen molar-refractivity contribution in [1.29, 1.82) is 0 Å². The average Bonchev–Trinajstić information content (AvgIpc) is 2.81. The fourth-order valence-electron chi connectivity index (χ4n) is 1.98. The van der Waals surface area contributed by atoms with Gasteiger partial charge in [-0.2, -0.15) is 10.9 Å². The maximum Gasteiger partial charge on any atom is 0.342 e. The van der Waals surface area contributed by atoms with E-state index in [0.717, 1.165) is 16.5 Å². The molecule has 7 heteroatoms. The third-order valence-electron chi connectivity index (χ3n) is 2.98. The number of thiol groups is 1. The Kier molecular flexibility index (Phi) is 4.67. The second-order valence-electron chi connectivity index (χ2n) is 4.33. The molecule has 1 aromatic heterocycles. The van der Waals surface area contributed by atoms with Crippen molar-refractivity contribution in [1.82, 2.24) is 4.98 Å². The van der Waals surface area contributed by atoms with Gasteiger partial charge in [-0.3, -0.25) is 9.98 Å². The number of rotatable bonds is 5. The lowest BCUT2D eigenvalue weighted by Gasteiger charge is -2.24. The van der Waals surface area contributed by atoms with Crippen LogP contribution in [0.5, 0.6) is 0 Å². The van der Waals surface area contributed by atoms with E-state index >= 15 is 0 Å². The van der Waals surface area contributed by atoms with Gasteiger partial charge in [0.15, 0.2) is 0 Å². The van der Waals surface area contributed by atoms with Crippen LogP contribution in [0.15, 0.2) is 34.6 Å². The molecule has 1 unspecified atom stereocenters. The predicted molar refractivity (Wildman–Crippen MR) is 85.2 cm³/mol. The van der Waals surface area contributed by atoms with Crippen molar-refractivity contribution in [3.63, 3.8) is 0 Å². The minimum atomic E-state index is -0.871. The standard InChI is InChI=1S/C13H16ClN3O2S/c1-3-20-11(13(18)19)7-16-12(20)8-17(2)10-4-9(14)5-15-6-10/h4-7,20H,3,8H2,1-2H3,(H,18,19). The lowest BCUT2D eigenvalue weighted by Crippen LogP contribution is -2.26. The number of nitrogens with zero attached hydrogens (tertiary/aromatic N) is 3. The van der Waals surface area contributed by atoms with Gasteiger partial charge in [0.1, 0.15) is 0 Å². The molecule has 1 N–H and O–H groups in total. The number of carboxylic acid groups (broad SMARTS) is 1. The summed E-state index contributed by atoms with van der Waals surface area (Å²) in [5.74, 6) is -0.0858. The second kappa shape index (κ2) is 6.28. The van der Waals surface area contributed by atoms with Crippen molar-refractivity contribution >= 4 is 39.2 Å². The molecule has 2 heterocycles. The van der Waals surface area contributed by atoms with Gasteiger partial charge in [-0.15, -0.1) is 0 Å². The lowest BCUT2D eigenvalue weighted by molar-refractivity contribution is -0.131. The summed E-state index contributed by atoms with van der Waals surface area (Å²) in [6.07, 6.45) is 4.78. The number of hydrogen-bond acceptors (Lipinski definition) is 4. The molecule has 0 saturated heterocycles. The zero-order valence-corrected chi connectivity index (χ0v) is 12.9. The van der Waals surface area contributed by atoms with Crippen molar-refractivity contribution in [3.05, 3.63) is 34.6 Å². The van der Waals surface area contributed by atoms with Gasteiger partial charge in [-0.05, 0) is 11.8 Å². The van der Waals surface area contributed by atoms with Gasteiger partial charge < -0.3 is 10.0 Å². The average molecular weight is 314 g/mol. The monoisotopic (exact) mass is 313 g/mol. The zero-order chi connectivity index (χ0) is 14.7. The van der Waals surface area contributed by atoms with E-state index in [1.54, 1.807) is 12.4 Å². The largest absolute Gasteiger partial charge is 0.477 e. The molecule has 1 aliphatic heterocycles. The van der Waals surface area contributed by atoms with E-state index in [2.05, 4.69) is 9.98 Å². The summed E-state index contributed by atoms with van der Waals surface area (Å²) in [6, 6.07) is 1.82. The topological polar surface area (TPSA) is 65.8 Å². The van der Waals surface area contributed by atoms with Crippen LogP contribution in [0.4, 0.5) is 5.69 Å². The first-order valence-corrected chi connectivity index (χ1v) is 8.02. The molecule has 20 heavy (non-hydrogen) atoms. The highest BCUT2D eigenvalue weighted by molar-refractivity contribution is 8.33. The molecule has 1 atom stereocenters. The van der Waals surface area contributed by atoms with Crippen molar-refractivity contribution in [3.8, 4) is 0 Å². The Labute approximate surface area is 125 Å². The summed E-state index contributed by atoms with van der Waals surface area (Å²) in [6.45, 7) is 2.57. The Bertz CT molecular complexity index is 589. The Morgan fingerprint density at radius 3 is 2.85 bits per heavy atom. The van der Waals surface area contributed by atoms with Crippen molar-refractivity contribution in [2.75, 3.05) is 24.2 Å². The smallest absolute Gasteiger partial charge is 0.342 e. The molecule has 0 fully saturated rings. The van der Waals surface area contributed by atoms with E-state index in [-0.39, 0.29) is 0 Å². The SMILES string of the molecule is CC[SH]1C(C(=O)O)=CN=C1CN(C)c1cncc(Cl)c1. The first-order valence-electron chi connectivity index (χ1n) is 6.12. The summed E-state index contributed by atoms with van der Waals surface area (Å²) in [5, 5.41) is 10.6. The van der Waals surface area contributed by atoms with Gasteiger partial charge in [-0.1, -0.05) is 18.5 Å². The van der Waals surface area contributed by atoms with Gasteiger partial charge in [-0.25, -0.2) is 4.79 Å². The lowest BCUT2D eigenvalue weighted by atomic mass is 10.4. The Morgan fingerprint density at radius 1 is 1.50 bits per heavy atom. The van der Waals surface area contributed by atoms with Crippen LogP contribution in [0.1, 0.15) is 6.92 Å². The molecule has 0 spiro atoms. The number of pyridine rings is 1. The molecule has 0 bridgehead atoms. The molecule has 0 amide bonds. The van der Waals surface area contributed by atoms with Crippen LogP contribution in [0.2, 0.25) is 5.02 Å². The molecular formula is C13H16ClN3O2S. The Hall–Kier alpha value is -1.53. The van der Waals surface area contributed by atoms with E-state index in [1.165, 1.54) is 6.20 Å². The number of hydrogen-bond donors (Lipinski definition) is 2. The third kappa shape index (κ3) is 3.13. The van der Waals surface area contributed by atoms with E-state index in [9.17, 15) is 4.79 Å². The van der Waals surface area contributed by atoms with Gasteiger partial charge in [0.2, 0.25) is 0 Å². The normalized spacial score (nSPS) is 19.4. The number of aromatic nitrogens is 1. The van der Waals surface area contributed by atoms with E-state index in [4.69, 9.17) is 16.7 Å². The summed E-state index contributed by atoms with van der Waals surface area (Å²) < 4.78 is 0. The quantitative estimate of drug-likeness (QED) is 0.820. The Morgan fingerprint density at radius 2 is 2.25 bits per heavy atom. The van der Waals surface area contributed by atoms with Crippen molar-refractivity contribution in [2.24, 2.45) is 4.99 Å². The zero-order valence-electron chi connectivity index (χ0n) is 11.2. The highest BCUT2D eigenvalue weighted by atomic mass is 35.5. The van der Waals surface area contributed by atoms with Crippen LogP contribution in [0, 0.1) is 0 Å². The summed E-state index contributed by atoms with van der Waals surface area (Å²) >= 11 is 5.92. The molecule has 0 aromatic carbocycles. The maximum absolute atomic E-state index is 11.2. The predicted octanol–water partition coefficient (Wildman–Crippen LogP) is 2.53. The van der Waals surface area contributed by atoms with Crippen LogP contribution in [0.3, 0.4) is 0 Å². The highest BCUT2D eigenvalue weighted by Gasteiger charge is 2.25. The number of anilines is 1. The second-order valence-corrected chi connectivity index (χ2v) is 7.25. The molecule has 0 saturated carbocycles. The molecule has 0 radical (unpaired) electrons. The molecule has 5 nitrogen and oxygen atoms in total. The first-order chi connectivity index (χ1) is 9.52. The van der Waals surface area contributed by atoms with E-state index in [1.807, 2.05) is 24.9 Å². The van der Waals surface area contributed by atoms with Crippen LogP contribution in [-0.4, -0.2) is 40.4 Å². The van der Waals surface area contributed by atoms with E-state index in [0.29, 0.717) is 16.5 Å². The molecular weight excluding hydrogens is 298 g/mol. The van der Waals surface area contributed by atoms with Crippen molar-refractivity contribution < 1.29 is 9.90 Å². The molecule has 1 aliphatic rings. The van der Waals surface area contributed by atoms with Crippen LogP contribution in [0.25, 0.3) is 0 Å². The number of aliphatic carboxylic acids is 1. The minimum Gasteiger partial charge on any atom is -0.477 e. The highest BCUT2D eigenvalue weighted by Crippen LogP contribution is 2.41. The summed E-state index contributed by atoms with van der Waals surface area (Å²) in [5.41, 5.74) is 0.884. The summed E-state index contributed by atoms with van der Waals surface area (Å²) in [4.78, 5) is 21.9. The fraction of sp³-hybridized carbons (Fsp3) is 0.308. The molecule has 2 rings (SSSR count). The number of carboxylic acids is 1. The van der Waals surface area contributed by atoms with Gasteiger partial charge >= 0.3 is 5.97 Å². The van der Waals surface area contributed by atoms with Gasteiger partial charge in [0.25, 0.3) is 0 Å². The third-order valence-corrected chi connectivity index (χ3v) is 5.59. The van der Waals surface area contributed by atoms with Crippen LogP contribution in [-0.2, 0) is 4.79 Å². The molecule has 1 aromatic rings. The first kappa shape index (κ1) is 14.9. The molecule has 0 aliphatic carbocycles. The van der Waals surface area contributed by atoms with Crippen LogP contribution < -0.4 is 4.90 Å². The maximum atomic E-state index is 11.2. The number of aliphatic imine (C=N–C) groups is 1. The van der Waals surface area contributed by atoms with Gasteiger partial charge in [0, 0.05) is 19.4 Å². The number of halogens is 1. The van der Waals surface area contributed by atoms with Crippen LogP contribution >= 0.6 is 22.5 Å². The molecule has 108 valence electrons. The Balaban J connectivity index is 2.10.